The molecule has 2 N–H and O–H groups in total. The largest absolute Gasteiger partial charge is 0.369 e. The highest BCUT2D eigenvalue weighted by Gasteiger charge is 2.50. The fraction of sp³-hybridized carbons (Fsp3) is 0.562. The summed E-state index contributed by atoms with van der Waals surface area (Å²) in [6.45, 7) is 5.46. The van der Waals surface area contributed by atoms with Crippen molar-refractivity contribution in [3.8, 4) is 0 Å². The van der Waals surface area contributed by atoms with E-state index in [0.717, 1.165) is 23.7 Å². The summed E-state index contributed by atoms with van der Waals surface area (Å²) >= 11 is 6.40. The van der Waals surface area contributed by atoms with Gasteiger partial charge < -0.3 is 10.6 Å². The zero-order valence-electron chi connectivity index (χ0n) is 12.1. The monoisotopic (exact) mass is 291 g/mol. The summed E-state index contributed by atoms with van der Waals surface area (Å²) in [5.74, 6) is 1.85. The van der Waals surface area contributed by atoms with Crippen LogP contribution in [0.4, 0.5) is 5.69 Å². The molecule has 2 aliphatic rings. The van der Waals surface area contributed by atoms with Gasteiger partial charge in [-0.15, -0.1) is 0 Å². The summed E-state index contributed by atoms with van der Waals surface area (Å²) in [5.41, 5.74) is 7.21. The van der Waals surface area contributed by atoms with E-state index >= 15 is 0 Å². The predicted octanol–water partition coefficient (Wildman–Crippen LogP) is 3.67. The van der Waals surface area contributed by atoms with E-state index < -0.39 is 0 Å². The second-order valence-electron chi connectivity index (χ2n) is 6.22. The van der Waals surface area contributed by atoms with Crippen LogP contribution < -0.4 is 10.6 Å². The first-order valence-electron chi connectivity index (χ1n) is 7.41. The van der Waals surface area contributed by atoms with Crippen molar-refractivity contribution < 1.29 is 0 Å². The highest BCUT2D eigenvalue weighted by atomic mass is 35.5. The molecule has 0 aromatic heterocycles. The molecule has 1 aliphatic heterocycles. The van der Waals surface area contributed by atoms with Gasteiger partial charge in [-0.2, -0.15) is 0 Å². The van der Waals surface area contributed by atoms with E-state index in [0.29, 0.717) is 17.8 Å². The van der Waals surface area contributed by atoms with Crippen molar-refractivity contribution in [2.45, 2.75) is 38.6 Å². The normalized spacial score (nSPS) is 33.5. The zero-order valence-corrected chi connectivity index (χ0v) is 12.9. The van der Waals surface area contributed by atoms with Crippen LogP contribution in [0.2, 0.25) is 5.02 Å². The fourth-order valence-corrected chi connectivity index (χ4v) is 4.08. The highest BCUT2D eigenvalue weighted by molar-refractivity contribution is 6.34. The highest BCUT2D eigenvalue weighted by Crippen LogP contribution is 2.47. The molecule has 4 heteroatoms. The number of para-hydroxylation sites is 1. The molecule has 1 spiro atoms. The zero-order chi connectivity index (χ0) is 14.3. The van der Waals surface area contributed by atoms with Crippen molar-refractivity contribution >= 4 is 23.2 Å². The number of anilines is 1. The Morgan fingerprint density at radius 1 is 1.35 bits per heavy atom. The lowest BCUT2D eigenvalue weighted by molar-refractivity contribution is 0.159. The van der Waals surface area contributed by atoms with Gasteiger partial charge in [0.1, 0.15) is 0 Å². The number of hydrogen-bond donors (Lipinski definition) is 1. The fourth-order valence-electron chi connectivity index (χ4n) is 3.86. The first kappa shape index (κ1) is 13.7. The number of halogens is 1. The Balaban J connectivity index is 2.06. The van der Waals surface area contributed by atoms with Crippen LogP contribution in [0.5, 0.6) is 0 Å². The van der Waals surface area contributed by atoms with Crippen molar-refractivity contribution in [3.63, 3.8) is 0 Å². The second-order valence-corrected chi connectivity index (χ2v) is 6.63. The van der Waals surface area contributed by atoms with E-state index in [-0.39, 0.29) is 5.54 Å². The minimum Gasteiger partial charge on any atom is -0.369 e. The lowest BCUT2D eigenvalue weighted by Gasteiger charge is -2.49. The minimum atomic E-state index is 0.00669. The van der Waals surface area contributed by atoms with Crippen LogP contribution in [0.1, 0.15) is 33.1 Å². The van der Waals surface area contributed by atoms with E-state index in [1.807, 2.05) is 24.3 Å². The molecule has 1 saturated carbocycles. The molecule has 3 nitrogen and oxygen atoms in total. The molecule has 1 aliphatic carbocycles. The Hall–Kier alpha value is -1.22. The molecule has 3 unspecified atom stereocenters. The summed E-state index contributed by atoms with van der Waals surface area (Å²) in [4.78, 5) is 6.76. The molecule has 3 atom stereocenters. The third kappa shape index (κ3) is 1.91. The van der Waals surface area contributed by atoms with Crippen LogP contribution in [0.25, 0.3) is 0 Å². The Bertz CT molecular complexity index is 542. The molecule has 0 saturated heterocycles. The van der Waals surface area contributed by atoms with E-state index in [9.17, 15) is 0 Å². The Morgan fingerprint density at radius 3 is 2.85 bits per heavy atom. The van der Waals surface area contributed by atoms with Crippen LogP contribution in [-0.2, 0) is 0 Å². The molecule has 3 rings (SSSR count). The quantitative estimate of drug-likeness (QED) is 0.858. The van der Waals surface area contributed by atoms with Gasteiger partial charge in [-0.1, -0.05) is 50.4 Å². The second kappa shape index (κ2) is 4.96. The molecular weight excluding hydrogens is 270 g/mol. The van der Waals surface area contributed by atoms with E-state index in [1.54, 1.807) is 0 Å². The van der Waals surface area contributed by atoms with E-state index in [4.69, 9.17) is 17.3 Å². The molecule has 1 heterocycles. The van der Waals surface area contributed by atoms with Gasteiger partial charge in [0, 0.05) is 0 Å². The molecule has 0 amide bonds. The van der Waals surface area contributed by atoms with Gasteiger partial charge in [0.05, 0.1) is 22.8 Å². The smallest absolute Gasteiger partial charge is 0.196 e. The number of guanidine groups is 1. The topological polar surface area (TPSA) is 41.6 Å². The van der Waals surface area contributed by atoms with Crippen molar-refractivity contribution in [2.24, 2.45) is 22.6 Å². The van der Waals surface area contributed by atoms with Crippen LogP contribution in [0.3, 0.4) is 0 Å². The summed E-state index contributed by atoms with van der Waals surface area (Å²) in [6.07, 6.45) is 3.66. The molecule has 0 bridgehead atoms. The van der Waals surface area contributed by atoms with E-state index in [2.05, 4.69) is 23.7 Å². The minimum absolute atomic E-state index is 0.00669. The standard InChI is InChI=1S/C16H22ClN3/c1-11-6-5-9-16(12(11)2)10-19-15(18)20(16)14-8-4-3-7-13(14)17/h3-4,7-8,11-12H,5-6,9-10H2,1-2H3,(H2,18,19). The SMILES string of the molecule is CC1CCCC2(CN=C(N)N2c2ccccc2Cl)C1C. The van der Waals surface area contributed by atoms with Gasteiger partial charge in [0.25, 0.3) is 0 Å². The number of aliphatic imine (C=N–C) groups is 1. The summed E-state index contributed by atoms with van der Waals surface area (Å²) in [6, 6.07) is 7.93. The third-order valence-corrected chi connectivity index (χ3v) is 5.57. The van der Waals surface area contributed by atoms with Gasteiger partial charge in [-0.3, -0.25) is 4.99 Å². The average Bonchev–Trinajstić information content (AvgIpc) is 2.75. The summed E-state index contributed by atoms with van der Waals surface area (Å²) in [5, 5.41) is 0.748. The number of rotatable bonds is 1. The van der Waals surface area contributed by atoms with Gasteiger partial charge in [-0.25, -0.2) is 0 Å². The van der Waals surface area contributed by atoms with Gasteiger partial charge in [0.2, 0.25) is 0 Å². The summed E-state index contributed by atoms with van der Waals surface area (Å²) in [7, 11) is 0. The van der Waals surface area contributed by atoms with Crippen LogP contribution in [-0.4, -0.2) is 18.0 Å². The molecule has 0 radical (unpaired) electrons. The van der Waals surface area contributed by atoms with Gasteiger partial charge in [0.15, 0.2) is 5.96 Å². The maximum absolute atomic E-state index is 6.40. The van der Waals surface area contributed by atoms with Crippen LogP contribution in [0, 0.1) is 11.8 Å². The van der Waals surface area contributed by atoms with Gasteiger partial charge in [-0.05, 0) is 30.4 Å². The maximum atomic E-state index is 6.40. The first-order chi connectivity index (χ1) is 9.56. The number of hydrogen-bond acceptors (Lipinski definition) is 3. The molecular formula is C16H22ClN3. The lowest BCUT2D eigenvalue weighted by Crippen LogP contribution is -2.59. The predicted molar refractivity (Wildman–Crippen MR) is 85.3 cm³/mol. The molecule has 20 heavy (non-hydrogen) atoms. The number of benzene rings is 1. The lowest BCUT2D eigenvalue weighted by atomic mass is 9.67. The van der Waals surface area contributed by atoms with Crippen LogP contribution in [0.15, 0.2) is 29.3 Å². The average molecular weight is 292 g/mol. The van der Waals surface area contributed by atoms with Crippen LogP contribution >= 0.6 is 11.6 Å². The molecule has 1 aromatic rings. The van der Waals surface area contributed by atoms with Crippen molar-refractivity contribution in [1.29, 1.82) is 0 Å². The van der Waals surface area contributed by atoms with E-state index in [1.165, 1.54) is 12.8 Å². The number of nitrogens with zero attached hydrogens (tertiary/aromatic N) is 2. The Morgan fingerprint density at radius 2 is 2.10 bits per heavy atom. The molecule has 1 fully saturated rings. The number of nitrogens with two attached hydrogens (primary N) is 1. The Labute approximate surface area is 125 Å². The first-order valence-corrected chi connectivity index (χ1v) is 7.79. The molecule has 1 aromatic carbocycles. The molecule has 108 valence electrons. The third-order valence-electron chi connectivity index (χ3n) is 5.25. The maximum Gasteiger partial charge on any atom is 0.196 e. The van der Waals surface area contributed by atoms with Gasteiger partial charge >= 0.3 is 0 Å². The van der Waals surface area contributed by atoms with Crippen molar-refractivity contribution in [1.82, 2.24) is 0 Å². The summed E-state index contributed by atoms with van der Waals surface area (Å²) < 4.78 is 0. The van der Waals surface area contributed by atoms with Crippen molar-refractivity contribution in [3.05, 3.63) is 29.3 Å². The van der Waals surface area contributed by atoms with Crippen molar-refractivity contribution in [2.75, 3.05) is 11.4 Å². The Kier molecular flexibility index (Phi) is 3.41.